The molecule has 0 fully saturated rings. The fourth-order valence-corrected chi connectivity index (χ4v) is 2.49. The number of anilines is 1. The largest absolute Gasteiger partial charge is 0.508 e. The Kier molecular flexibility index (Phi) is 4.05. The smallest absolute Gasteiger partial charge is 0.278 e. The van der Waals surface area contributed by atoms with Crippen molar-refractivity contribution in [3.05, 3.63) is 70.5 Å². The van der Waals surface area contributed by atoms with Crippen LogP contribution in [0.1, 0.15) is 5.56 Å². The van der Waals surface area contributed by atoms with Gasteiger partial charge in [0, 0.05) is 36.1 Å². The Morgan fingerprint density at radius 3 is 2.61 bits per heavy atom. The zero-order valence-corrected chi connectivity index (χ0v) is 12.3. The molecule has 0 saturated carbocycles. The Morgan fingerprint density at radius 2 is 1.87 bits per heavy atom. The molecule has 0 spiro atoms. The quantitative estimate of drug-likeness (QED) is 0.556. The van der Waals surface area contributed by atoms with E-state index in [0.29, 0.717) is 11.9 Å². The molecule has 0 amide bonds. The zero-order chi connectivity index (χ0) is 16.2. The number of rotatable bonds is 5. The van der Waals surface area contributed by atoms with E-state index in [4.69, 9.17) is 0 Å². The first-order valence-corrected chi connectivity index (χ1v) is 7.18. The van der Waals surface area contributed by atoms with Crippen LogP contribution in [0.4, 0.5) is 11.4 Å². The summed E-state index contributed by atoms with van der Waals surface area (Å²) in [6.07, 6.45) is 3.92. The minimum atomic E-state index is -0.399. The summed E-state index contributed by atoms with van der Waals surface area (Å²) in [5.41, 5.74) is 1.99. The standard InChI is InChI=1S/C17H15N3O3/c21-13-3-1-12(2-4-13)7-10-19-16-5-6-17(20(22)23)15-11-18-9-8-14(15)16/h1-6,8-9,11,19,21H,7,10H2. The molecule has 0 aliphatic heterocycles. The van der Waals surface area contributed by atoms with Gasteiger partial charge in [0.25, 0.3) is 5.69 Å². The molecular weight excluding hydrogens is 294 g/mol. The van der Waals surface area contributed by atoms with Crippen LogP contribution in [0.2, 0.25) is 0 Å². The van der Waals surface area contributed by atoms with Crippen LogP contribution in [0.25, 0.3) is 10.8 Å². The summed E-state index contributed by atoms with van der Waals surface area (Å²) in [6, 6.07) is 12.0. The molecule has 6 heteroatoms. The third-order valence-electron chi connectivity index (χ3n) is 3.66. The van der Waals surface area contributed by atoms with Crippen molar-refractivity contribution < 1.29 is 10.0 Å². The van der Waals surface area contributed by atoms with E-state index in [-0.39, 0.29) is 11.4 Å². The number of pyridine rings is 1. The van der Waals surface area contributed by atoms with E-state index in [1.165, 1.54) is 12.3 Å². The summed E-state index contributed by atoms with van der Waals surface area (Å²) in [5, 5.41) is 25.0. The Morgan fingerprint density at radius 1 is 1.09 bits per heavy atom. The van der Waals surface area contributed by atoms with Crippen molar-refractivity contribution in [2.45, 2.75) is 6.42 Å². The van der Waals surface area contributed by atoms with Gasteiger partial charge in [-0.25, -0.2) is 0 Å². The number of fused-ring (bicyclic) bond motifs is 1. The third-order valence-corrected chi connectivity index (χ3v) is 3.66. The average Bonchev–Trinajstić information content (AvgIpc) is 2.56. The van der Waals surface area contributed by atoms with Gasteiger partial charge in [0.2, 0.25) is 0 Å². The predicted octanol–water partition coefficient (Wildman–Crippen LogP) is 3.50. The summed E-state index contributed by atoms with van der Waals surface area (Å²) in [5.74, 6) is 0.246. The highest BCUT2D eigenvalue weighted by atomic mass is 16.6. The molecule has 0 unspecified atom stereocenters. The first-order valence-electron chi connectivity index (χ1n) is 7.18. The van der Waals surface area contributed by atoms with Crippen molar-refractivity contribution in [3.63, 3.8) is 0 Å². The zero-order valence-electron chi connectivity index (χ0n) is 12.3. The first kappa shape index (κ1) is 14.8. The molecule has 2 aromatic carbocycles. The Labute approximate surface area is 132 Å². The van der Waals surface area contributed by atoms with Gasteiger partial charge in [0.15, 0.2) is 0 Å². The van der Waals surface area contributed by atoms with Gasteiger partial charge in [-0.05, 0) is 36.2 Å². The number of benzene rings is 2. The molecule has 6 nitrogen and oxygen atoms in total. The number of non-ortho nitro benzene ring substituents is 1. The molecule has 3 rings (SSSR count). The van der Waals surface area contributed by atoms with Crippen LogP contribution >= 0.6 is 0 Å². The molecule has 2 N–H and O–H groups in total. The predicted molar refractivity (Wildman–Crippen MR) is 88.7 cm³/mol. The van der Waals surface area contributed by atoms with Gasteiger partial charge in [-0.15, -0.1) is 0 Å². The number of nitrogens with one attached hydrogen (secondary N) is 1. The van der Waals surface area contributed by atoms with E-state index in [1.807, 2.05) is 12.1 Å². The number of phenolic OH excluding ortho intramolecular Hbond substituents is 1. The van der Waals surface area contributed by atoms with Gasteiger partial charge < -0.3 is 10.4 Å². The second kappa shape index (κ2) is 6.31. The molecule has 0 aliphatic carbocycles. The molecule has 0 saturated heterocycles. The maximum absolute atomic E-state index is 11.1. The van der Waals surface area contributed by atoms with Gasteiger partial charge in [0.1, 0.15) is 5.75 Å². The minimum absolute atomic E-state index is 0.0529. The number of nitro benzene ring substituents is 1. The molecule has 0 atom stereocenters. The highest BCUT2D eigenvalue weighted by Crippen LogP contribution is 2.30. The van der Waals surface area contributed by atoms with Crippen molar-refractivity contribution in [3.8, 4) is 5.75 Å². The van der Waals surface area contributed by atoms with E-state index in [1.54, 1.807) is 30.5 Å². The maximum Gasteiger partial charge on any atom is 0.278 e. The van der Waals surface area contributed by atoms with Crippen LogP contribution in [-0.4, -0.2) is 21.6 Å². The Bertz CT molecular complexity index is 847. The summed E-state index contributed by atoms with van der Waals surface area (Å²) < 4.78 is 0. The van der Waals surface area contributed by atoms with Gasteiger partial charge in [-0.2, -0.15) is 0 Å². The van der Waals surface area contributed by atoms with Crippen molar-refractivity contribution in [1.82, 2.24) is 4.98 Å². The van der Waals surface area contributed by atoms with Crippen molar-refractivity contribution in [2.24, 2.45) is 0 Å². The third kappa shape index (κ3) is 3.21. The molecule has 3 aromatic rings. The number of aromatic hydroxyl groups is 1. The molecular formula is C17H15N3O3. The number of phenols is 1. The number of hydrogen-bond donors (Lipinski definition) is 2. The fourth-order valence-electron chi connectivity index (χ4n) is 2.49. The van der Waals surface area contributed by atoms with Gasteiger partial charge in [-0.3, -0.25) is 15.1 Å². The van der Waals surface area contributed by atoms with Crippen LogP contribution in [0.3, 0.4) is 0 Å². The number of nitrogens with zero attached hydrogens (tertiary/aromatic N) is 2. The lowest BCUT2D eigenvalue weighted by Crippen LogP contribution is -2.05. The van der Waals surface area contributed by atoms with Crippen LogP contribution < -0.4 is 5.32 Å². The van der Waals surface area contributed by atoms with Gasteiger partial charge in [0.05, 0.1) is 10.3 Å². The van der Waals surface area contributed by atoms with Crippen molar-refractivity contribution >= 4 is 22.1 Å². The monoisotopic (exact) mass is 309 g/mol. The van der Waals surface area contributed by atoms with E-state index in [2.05, 4.69) is 10.3 Å². The summed E-state index contributed by atoms with van der Waals surface area (Å²) in [7, 11) is 0. The average molecular weight is 309 g/mol. The second-order valence-corrected chi connectivity index (χ2v) is 5.15. The van der Waals surface area contributed by atoms with Crippen LogP contribution in [-0.2, 0) is 6.42 Å². The normalized spacial score (nSPS) is 10.6. The Balaban J connectivity index is 1.79. The van der Waals surface area contributed by atoms with Crippen LogP contribution in [0, 0.1) is 10.1 Å². The van der Waals surface area contributed by atoms with Crippen molar-refractivity contribution in [1.29, 1.82) is 0 Å². The Hall–Kier alpha value is -3.15. The molecule has 23 heavy (non-hydrogen) atoms. The second-order valence-electron chi connectivity index (χ2n) is 5.15. The van der Waals surface area contributed by atoms with E-state index in [0.717, 1.165) is 23.1 Å². The summed E-state index contributed by atoms with van der Waals surface area (Å²) >= 11 is 0. The first-order chi connectivity index (χ1) is 11.1. The highest BCUT2D eigenvalue weighted by Gasteiger charge is 2.13. The van der Waals surface area contributed by atoms with Gasteiger partial charge >= 0.3 is 0 Å². The number of nitro groups is 1. The van der Waals surface area contributed by atoms with E-state index < -0.39 is 4.92 Å². The molecule has 1 aromatic heterocycles. The minimum Gasteiger partial charge on any atom is -0.508 e. The van der Waals surface area contributed by atoms with Gasteiger partial charge in [-0.1, -0.05) is 12.1 Å². The maximum atomic E-state index is 11.1. The molecule has 0 aliphatic rings. The lowest BCUT2D eigenvalue weighted by molar-refractivity contribution is -0.383. The number of aromatic nitrogens is 1. The summed E-state index contributed by atoms with van der Waals surface area (Å²) in [6.45, 7) is 0.681. The van der Waals surface area contributed by atoms with E-state index in [9.17, 15) is 15.2 Å². The molecule has 0 radical (unpaired) electrons. The SMILES string of the molecule is O=[N+]([O-])c1ccc(NCCc2ccc(O)cc2)c2ccncc12. The highest BCUT2D eigenvalue weighted by molar-refractivity contribution is 5.99. The molecule has 1 heterocycles. The lowest BCUT2D eigenvalue weighted by Gasteiger charge is -2.10. The van der Waals surface area contributed by atoms with Crippen molar-refractivity contribution in [2.75, 3.05) is 11.9 Å². The number of hydrogen-bond acceptors (Lipinski definition) is 5. The summed E-state index contributed by atoms with van der Waals surface area (Å²) in [4.78, 5) is 14.7. The molecule has 0 bridgehead atoms. The molecule has 116 valence electrons. The van der Waals surface area contributed by atoms with Crippen LogP contribution in [0.15, 0.2) is 54.9 Å². The fraction of sp³-hybridized carbons (Fsp3) is 0.118. The van der Waals surface area contributed by atoms with Crippen LogP contribution in [0.5, 0.6) is 5.75 Å². The topological polar surface area (TPSA) is 88.3 Å². The van der Waals surface area contributed by atoms with E-state index >= 15 is 0 Å². The lowest BCUT2D eigenvalue weighted by atomic mass is 10.1.